The monoisotopic (exact) mass is 496 g/mol. The Morgan fingerprint density at radius 1 is 0.935 bits per heavy atom. The van der Waals surface area contributed by atoms with Crippen molar-refractivity contribution in [2.45, 2.75) is 42.8 Å². The minimum atomic E-state index is -4.69. The largest absolute Gasteiger partial charge is 0.573 e. The first-order valence-electron chi connectivity index (χ1n) is 9.71. The van der Waals surface area contributed by atoms with Gasteiger partial charge < -0.3 is 10.1 Å². The molecule has 1 aliphatic heterocycles. The predicted octanol–water partition coefficient (Wildman–Crippen LogP) is 6.31. The highest BCUT2D eigenvalue weighted by molar-refractivity contribution is 8.00. The van der Waals surface area contributed by atoms with E-state index in [2.05, 4.69) is 47.9 Å². The van der Waals surface area contributed by atoms with Crippen LogP contribution in [0.5, 0.6) is 5.75 Å². The van der Waals surface area contributed by atoms with Gasteiger partial charge in [0.1, 0.15) is 5.75 Å². The molecule has 0 saturated carbocycles. The number of hydrogen-bond donors (Lipinski definition) is 1. The molecule has 1 aliphatic rings. The molecule has 2 aromatic rings. The molecule has 1 atom stereocenters. The number of hydrogen-bond acceptors (Lipinski definition) is 4. The maximum atomic E-state index is 12.5. The molecular weight excluding hydrogens is 468 g/mol. The van der Waals surface area contributed by atoms with Crippen molar-refractivity contribution in [3.8, 4) is 5.75 Å². The predicted molar refractivity (Wildman–Crippen MR) is 126 cm³/mol. The zero-order valence-electron chi connectivity index (χ0n) is 17.7. The van der Waals surface area contributed by atoms with Gasteiger partial charge in [0.15, 0.2) is 0 Å². The molecule has 0 amide bonds. The first-order valence-corrected chi connectivity index (χ1v) is 10.5. The van der Waals surface area contributed by atoms with Gasteiger partial charge in [0.2, 0.25) is 0 Å². The summed E-state index contributed by atoms with van der Waals surface area (Å²) in [5.74, 6) is -0.197. The lowest BCUT2D eigenvalue weighted by atomic mass is 9.96. The molecule has 0 aromatic heterocycles. The van der Waals surface area contributed by atoms with Crippen LogP contribution in [-0.2, 0) is 0 Å². The van der Waals surface area contributed by atoms with Crippen LogP contribution in [0.1, 0.15) is 37.9 Å². The van der Waals surface area contributed by atoms with Gasteiger partial charge in [-0.05, 0) is 29.3 Å². The minimum absolute atomic E-state index is 0. The number of halogens is 5. The van der Waals surface area contributed by atoms with Gasteiger partial charge in [0.25, 0.3) is 0 Å². The smallest absolute Gasteiger partial charge is 0.406 e. The average molecular weight is 497 g/mol. The zero-order valence-corrected chi connectivity index (χ0v) is 20.2. The van der Waals surface area contributed by atoms with Crippen LogP contribution in [0.4, 0.5) is 13.2 Å². The number of thioether (sulfide) groups is 1. The Kier molecular flexibility index (Phi) is 10.5. The van der Waals surface area contributed by atoms with Gasteiger partial charge in [0.05, 0.1) is 6.04 Å². The van der Waals surface area contributed by atoms with Crippen molar-refractivity contribution in [1.29, 1.82) is 0 Å². The minimum Gasteiger partial charge on any atom is -0.406 e. The van der Waals surface area contributed by atoms with Crippen molar-refractivity contribution < 1.29 is 17.9 Å². The molecule has 3 nitrogen and oxygen atoms in total. The summed E-state index contributed by atoms with van der Waals surface area (Å²) < 4.78 is 41.7. The van der Waals surface area contributed by atoms with Crippen LogP contribution < -0.4 is 10.1 Å². The average Bonchev–Trinajstić information content (AvgIpc) is 2.63. The number of benzene rings is 2. The van der Waals surface area contributed by atoms with Crippen LogP contribution in [0.15, 0.2) is 53.4 Å². The van der Waals surface area contributed by atoms with Gasteiger partial charge in [-0.2, -0.15) is 0 Å². The maximum Gasteiger partial charge on any atom is 0.573 e. The van der Waals surface area contributed by atoms with Crippen molar-refractivity contribution in [3.05, 3.63) is 59.7 Å². The van der Waals surface area contributed by atoms with Crippen LogP contribution in [0, 0.1) is 0 Å². The molecule has 0 spiro atoms. The quantitative estimate of drug-likeness (QED) is 0.489. The second kappa shape index (κ2) is 11.7. The molecule has 1 fully saturated rings. The van der Waals surface area contributed by atoms with Gasteiger partial charge in [-0.25, -0.2) is 0 Å². The molecule has 0 aliphatic carbocycles. The van der Waals surface area contributed by atoms with Crippen molar-refractivity contribution >= 4 is 36.6 Å². The molecule has 0 unspecified atom stereocenters. The summed E-state index contributed by atoms with van der Waals surface area (Å²) in [5, 5.41) is 3.37. The second-order valence-electron chi connectivity index (χ2n) is 8.06. The number of rotatable bonds is 5. The van der Waals surface area contributed by atoms with E-state index in [1.807, 2.05) is 23.9 Å². The van der Waals surface area contributed by atoms with Crippen molar-refractivity contribution in [2.75, 3.05) is 26.2 Å². The zero-order chi connectivity index (χ0) is 21.1. The SMILES string of the molecule is CC(C)(C)Sc1ccccc1[C@@H](c1ccc(OC(F)(F)F)cc1)N1CCNCC1.Cl.Cl. The van der Waals surface area contributed by atoms with Crippen LogP contribution in [0.3, 0.4) is 0 Å². The number of nitrogens with zero attached hydrogens (tertiary/aromatic N) is 1. The fraction of sp³-hybridized carbons (Fsp3) is 0.455. The van der Waals surface area contributed by atoms with E-state index >= 15 is 0 Å². The lowest BCUT2D eigenvalue weighted by Crippen LogP contribution is -2.45. The Labute approximate surface area is 198 Å². The molecule has 1 heterocycles. The van der Waals surface area contributed by atoms with Gasteiger partial charge in [0, 0.05) is 35.8 Å². The van der Waals surface area contributed by atoms with Crippen LogP contribution >= 0.6 is 36.6 Å². The summed E-state index contributed by atoms with van der Waals surface area (Å²) in [6.07, 6.45) is -4.69. The molecule has 9 heteroatoms. The van der Waals surface area contributed by atoms with Crippen LogP contribution in [-0.4, -0.2) is 42.2 Å². The number of ether oxygens (including phenoxy) is 1. The Bertz CT molecular complexity index is 808. The molecule has 31 heavy (non-hydrogen) atoms. The molecule has 1 N–H and O–H groups in total. The lowest BCUT2D eigenvalue weighted by Gasteiger charge is -2.37. The topological polar surface area (TPSA) is 24.5 Å². The highest BCUT2D eigenvalue weighted by Crippen LogP contribution is 2.40. The van der Waals surface area contributed by atoms with Gasteiger partial charge in [-0.3, -0.25) is 4.90 Å². The third-order valence-corrected chi connectivity index (χ3v) is 5.78. The molecule has 3 rings (SSSR count). The molecular formula is C22H29Cl2F3N2OS. The summed E-state index contributed by atoms with van der Waals surface area (Å²) in [4.78, 5) is 3.58. The second-order valence-corrected chi connectivity index (χ2v) is 9.93. The van der Waals surface area contributed by atoms with E-state index in [1.165, 1.54) is 22.6 Å². The summed E-state index contributed by atoms with van der Waals surface area (Å²) >= 11 is 1.81. The van der Waals surface area contributed by atoms with Crippen LogP contribution in [0.2, 0.25) is 0 Å². The number of nitrogens with one attached hydrogen (secondary N) is 1. The third-order valence-electron chi connectivity index (χ3n) is 4.58. The van der Waals surface area contributed by atoms with E-state index < -0.39 is 6.36 Å². The fourth-order valence-electron chi connectivity index (χ4n) is 3.51. The molecule has 2 aromatic carbocycles. The Balaban J connectivity index is 0.00000240. The fourth-order valence-corrected chi connectivity index (χ4v) is 4.61. The van der Waals surface area contributed by atoms with Crippen molar-refractivity contribution in [3.63, 3.8) is 0 Å². The Hall–Kier alpha value is -1.12. The van der Waals surface area contributed by atoms with E-state index in [0.29, 0.717) is 0 Å². The molecule has 0 radical (unpaired) electrons. The molecule has 174 valence electrons. The Morgan fingerprint density at radius 3 is 2.06 bits per heavy atom. The Morgan fingerprint density at radius 2 is 1.52 bits per heavy atom. The van der Waals surface area contributed by atoms with E-state index in [0.717, 1.165) is 31.7 Å². The summed E-state index contributed by atoms with van der Waals surface area (Å²) in [6, 6.07) is 14.6. The van der Waals surface area contributed by atoms with Crippen molar-refractivity contribution in [1.82, 2.24) is 10.2 Å². The van der Waals surface area contributed by atoms with Gasteiger partial charge in [-0.15, -0.1) is 49.7 Å². The van der Waals surface area contributed by atoms with Gasteiger partial charge >= 0.3 is 6.36 Å². The third kappa shape index (κ3) is 8.39. The standard InChI is InChI=1S/C22H27F3N2OS.2ClH/c1-21(2,3)29-19-7-5-4-6-18(19)20(27-14-12-26-13-15-27)16-8-10-17(11-9-16)28-22(23,24)25;;/h4-11,20,26H,12-15H2,1-3H3;2*1H/t20-;;/m1../s1. The lowest BCUT2D eigenvalue weighted by molar-refractivity contribution is -0.274. The summed E-state index contributed by atoms with van der Waals surface area (Å²) in [5.41, 5.74) is 2.14. The number of piperazine rings is 1. The summed E-state index contributed by atoms with van der Waals surface area (Å²) in [7, 11) is 0. The van der Waals surface area contributed by atoms with E-state index in [-0.39, 0.29) is 41.4 Å². The highest BCUT2D eigenvalue weighted by Gasteiger charge is 2.32. The maximum absolute atomic E-state index is 12.5. The van der Waals surface area contributed by atoms with E-state index in [4.69, 9.17) is 0 Å². The van der Waals surface area contributed by atoms with Gasteiger partial charge in [-0.1, -0.05) is 51.1 Å². The van der Waals surface area contributed by atoms with Crippen molar-refractivity contribution in [2.24, 2.45) is 0 Å². The molecule has 0 bridgehead atoms. The van der Waals surface area contributed by atoms with E-state index in [9.17, 15) is 13.2 Å². The molecule has 1 saturated heterocycles. The summed E-state index contributed by atoms with van der Waals surface area (Å²) in [6.45, 7) is 10.1. The first-order chi connectivity index (χ1) is 13.6. The van der Waals surface area contributed by atoms with Crippen LogP contribution in [0.25, 0.3) is 0 Å². The van der Waals surface area contributed by atoms with E-state index in [1.54, 1.807) is 12.1 Å². The first kappa shape index (κ1) is 27.9. The number of alkyl halides is 3. The normalized spacial score (nSPS) is 16.1. The highest BCUT2D eigenvalue weighted by atomic mass is 35.5.